The van der Waals surface area contributed by atoms with Gasteiger partial charge in [0.1, 0.15) is 13.2 Å². The Balaban J connectivity index is 1.98. The molecule has 0 unspecified atom stereocenters. The first-order chi connectivity index (χ1) is 22.2. The number of amides is 3. The zero-order valence-electron chi connectivity index (χ0n) is 26.8. The summed E-state index contributed by atoms with van der Waals surface area (Å²) < 4.78 is 11.0. The third-order valence-corrected chi connectivity index (χ3v) is 7.28. The molecule has 0 spiro atoms. The van der Waals surface area contributed by atoms with Crippen molar-refractivity contribution in [2.45, 2.75) is 70.6 Å². The van der Waals surface area contributed by atoms with Crippen LogP contribution in [0.15, 0.2) is 86.0 Å². The maximum atomic E-state index is 13.3. The van der Waals surface area contributed by atoms with Gasteiger partial charge in [0, 0.05) is 19.0 Å². The second-order valence-corrected chi connectivity index (χ2v) is 11.3. The van der Waals surface area contributed by atoms with Crippen molar-refractivity contribution in [3.63, 3.8) is 0 Å². The lowest BCUT2D eigenvalue weighted by molar-refractivity contribution is -0.150. The number of unbranched alkanes of at least 4 members (excludes halogenated alkanes) is 1. The van der Waals surface area contributed by atoms with Gasteiger partial charge in [0.15, 0.2) is 0 Å². The smallest absolute Gasteiger partial charge is 0.407 e. The highest BCUT2D eigenvalue weighted by molar-refractivity contribution is 5.86. The highest BCUT2D eigenvalue weighted by Crippen LogP contribution is 2.16. The maximum absolute atomic E-state index is 13.3. The van der Waals surface area contributed by atoms with Gasteiger partial charge in [-0.05, 0) is 56.6 Å². The van der Waals surface area contributed by atoms with Crippen molar-refractivity contribution in [3.8, 4) is 0 Å². The molecule has 2 rings (SSSR count). The summed E-state index contributed by atoms with van der Waals surface area (Å²) in [6, 6.07) is 18.1. The van der Waals surface area contributed by atoms with Crippen LogP contribution in [0.5, 0.6) is 0 Å². The Morgan fingerprint density at radius 1 is 0.848 bits per heavy atom. The molecule has 0 aliphatic heterocycles. The van der Waals surface area contributed by atoms with Crippen LogP contribution in [0.3, 0.4) is 0 Å². The summed E-state index contributed by atoms with van der Waals surface area (Å²) in [5, 5.41) is 17.6. The average Bonchev–Trinajstić information content (AvgIpc) is 3.06. The van der Waals surface area contributed by atoms with Crippen molar-refractivity contribution in [2.75, 3.05) is 19.8 Å². The van der Waals surface area contributed by atoms with E-state index in [1.807, 2.05) is 60.7 Å². The lowest BCUT2D eigenvalue weighted by Crippen LogP contribution is -2.44. The number of aliphatic hydroxyl groups excluding tert-OH is 1. The molecule has 2 aromatic rings. The predicted octanol–water partition coefficient (Wildman–Crippen LogP) is 4.63. The molecule has 10 heteroatoms. The number of carbonyl (C=O) groups is 4. The second kappa shape index (κ2) is 22.1. The number of aliphatic hydroxyl groups is 1. The number of rotatable bonds is 22. The number of ether oxygens (including phenoxy) is 2. The van der Waals surface area contributed by atoms with E-state index in [1.165, 1.54) is 0 Å². The van der Waals surface area contributed by atoms with Gasteiger partial charge in [-0.2, -0.15) is 0 Å². The lowest BCUT2D eigenvalue weighted by atomic mass is 9.96. The Morgan fingerprint density at radius 2 is 1.48 bits per heavy atom. The maximum Gasteiger partial charge on any atom is 0.407 e. The molecule has 10 nitrogen and oxygen atoms in total. The zero-order chi connectivity index (χ0) is 33.6. The number of hydrogen-bond acceptors (Lipinski definition) is 7. The van der Waals surface area contributed by atoms with E-state index in [4.69, 9.17) is 9.47 Å². The first kappa shape index (κ1) is 37.7. The summed E-state index contributed by atoms with van der Waals surface area (Å²) in [6.07, 6.45) is 5.57. The van der Waals surface area contributed by atoms with Crippen molar-refractivity contribution in [2.24, 2.45) is 11.8 Å². The van der Waals surface area contributed by atoms with E-state index in [2.05, 4.69) is 29.1 Å². The van der Waals surface area contributed by atoms with Gasteiger partial charge in [0.25, 0.3) is 0 Å². The molecule has 2 aromatic carbocycles. The van der Waals surface area contributed by atoms with Crippen molar-refractivity contribution < 1.29 is 33.8 Å². The summed E-state index contributed by atoms with van der Waals surface area (Å²) in [4.78, 5) is 51.0. The molecule has 0 saturated heterocycles. The zero-order valence-corrected chi connectivity index (χ0v) is 26.8. The topological polar surface area (TPSA) is 143 Å². The minimum absolute atomic E-state index is 0.0475. The molecule has 4 atom stereocenters. The molecule has 0 saturated carbocycles. The van der Waals surface area contributed by atoms with Gasteiger partial charge >= 0.3 is 12.1 Å². The summed E-state index contributed by atoms with van der Waals surface area (Å²) in [6.45, 7) is 9.45. The molecule has 3 amide bonds. The molecule has 0 heterocycles. The number of alkyl carbamates (subject to hydrolysis) is 1. The molecule has 46 heavy (non-hydrogen) atoms. The normalized spacial score (nSPS) is 13.3. The Kier molecular flexibility index (Phi) is 18.2. The molecule has 0 aliphatic rings. The largest absolute Gasteiger partial charge is 0.463 e. The molecule has 0 aromatic heterocycles. The first-order valence-corrected chi connectivity index (χ1v) is 15.8. The SMILES string of the molecule is C=CC[C@@H](CC(=O)N[C@H](C)CO)C(=O)N[C@@H](CCCCNC(=O)OCc1ccccc1)COC(=O)[C@@H](CC=C)Cc1ccccc1. The van der Waals surface area contributed by atoms with Crippen LogP contribution in [-0.4, -0.2) is 60.8 Å². The average molecular weight is 636 g/mol. The number of carbonyl (C=O) groups excluding carboxylic acids is 4. The van der Waals surface area contributed by atoms with Crippen LogP contribution in [0.25, 0.3) is 0 Å². The van der Waals surface area contributed by atoms with E-state index in [0.29, 0.717) is 38.6 Å². The number of hydrogen-bond donors (Lipinski definition) is 4. The molecule has 0 aliphatic carbocycles. The van der Waals surface area contributed by atoms with Gasteiger partial charge in [-0.1, -0.05) is 72.8 Å². The van der Waals surface area contributed by atoms with Gasteiger partial charge < -0.3 is 30.5 Å². The summed E-state index contributed by atoms with van der Waals surface area (Å²) in [7, 11) is 0. The number of benzene rings is 2. The summed E-state index contributed by atoms with van der Waals surface area (Å²) >= 11 is 0. The van der Waals surface area contributed by atoms with Crippen LogP contribution >= 0.6 is 0 Å². The van der Waals surface area contributed by atoms with Gasteiger partial charge in [-0.3, -0.25) is 14.4 Å². The molecule has 0 radical (unpaired) electrons. The number of allylic oxidation sites excluding steroid dienone is 2. The van der Waals surface area contributed by atoms with Crippen LogP contribution in [-0.2, 0) is 36.9 Å². The number of esters is 1. The fourth-order valence-electron chi connectivity index (χ4n) is 4.75. The predicted molar refractivity (Wildman–Crippen MR) is 177 cm³/mol. The first-order valence-electron chi connectivity index (χ1n) is 15.8. The summed E-state index contributed by atoms with van der Waals surface area (Å²) in [5.74, 6) is -2.21. The van der Waals surface area contributed by atoms with E-state index in [-0.39, 0.29) is 50.4 Å². The Morgan fingerprint density at radius 3 is 2.11 bits per heavy atom. The molecular formula is C36H49N3O7. The van der Waals surface area contributed by atoms with Crippen LogP contribution in [0, 0.1) is 11.8 Å². The highest BCUT2D eigenvalue weighted by atomic mass is 16.5. The molecule has 0 fully saturated rings. The van der Waals surface area contributed by atoms with Crippen molar-refractivity contribution in [3.05, 3.63) is 97.1 Å². The molecule has 4 N–H and O–H groups in total. The fraction of sp³-hybridized carbons (Fsp3) is 0.444. The van der Waals surface area contributed by atoms with Gasteiger partial charge in [-0.25, -0.2) is 4.79 Å². The van der Waals surface area contributed by atoms with E-state index < -0.39 is 30.0 Å². The molecule has 0 bridgehead atoms. The molecule has 250 valence electrons. The van der Waals surface area contributed by atoms with E-state index in [9.17, 15) is 24.3 Å². The fourth-order valence-corrected chi connectivity index (χ4v) is 4.75. The van der Waals surface area contributed by atoms with Crippen LogP contribution in [0.1, 0.15) is 56.6 Å². The van der Waals surface area contributed by atoms with Crippen LogP contribution < -0.4 is 16.0 Å². The minimum Gasteiger partial charge on any atom is -0.463 e. The quantitative estimate of drug-likeness (QED) is 0.0840. The monoisotopic (exact) mass is 635 g/mol. The Bertz CT molecular complexity index is 1220. The van der Waals surface area contributed by atoms with Gasteiger partial charge in [-0.15, -0.1) is 13.2 Å². The highest BCUT2D eigenvalue weighted by Gasteiger charge is 2.26. The Hall–Kier alpha value is -4.44. The van der Waals surface area contributed by atoms with Crippen molar-refractivity contribution in [1.82, 2.24) is 16.0 Å². The van der Waals surface area contributed by atoms with E-state index in [0.717, 1.165) is 11.1 Å². The minimum atomic E-state index is -0.686. The van der Waals surface area contributed by atoms with E-state index >= 15 is 0 Å². The lowest BCUT2D eigenvalue weighted by Gasteiger charge is -2.24. The standard InChI is InChI=1S/C36H49N3O7/c1-4-14-30(23-33(41)38-27(3)24-40)34(42)39-32(20-12-13-21-37-36(44)46-25-29-18-10-7-11-19-29)26-45-35(43)31(15-5-2)22-28-16-8-6-9-17-28/h4-11,16-19,27,30-32,40H,1-2,12-15,20-26H2,3H3,(H,37,44)(H,38,41)(H,39,42)/t27-,30+,31+,32+/m1/s1. The van der Waals surface area contributed by atoms with Crippen molar-refractivity contribution >= 4 is 23.9 Å². The summed E-state index contributed by atoms with van der Waals surface area (Å²) in [5.41, 5.74) is 1.90. The third kappa shape index (κ3) is 15.5. The third-order valence-electron chi connectivity index (χ3n) is 7.28. The van der Waals surface area contributed by atoms with Gasteiger partial charge in [0.2, 0.25) is 11.8 Å². The number of nitrogens with one attached hydrogen (secondary N) is 3. The van der Waals surface area contributed by atoms with Gasteiger partial charge in [0.05, 0.1) is 24.5 Å². The Labute approximate surface area is 272 Å². The van der Waals surface area contributed by atoms with Crippen LogP contribution in [0.2, 0.25) is 0 Å². The van der Waals surface area contributed by atoms with Crippen molar-refractivity contribution in [1.29, 1.82) is 0 Å². The molecular weight excluding hydrogens is 586 g/mol. The van der Waals surface area contributed by atoms with Crippen LogP contribution in [0.4, 0.5) is 4.79 Å². The van der Waals surface area contributed by atoms with E-state index in [1.54, 1.807) is 19.1 Å². The second-order valence-electron chi connectivity index (χ2n) is 11.3.